The molecule has 2 aromatic rings. The Morgan fingerprint density at radius 1 is 0.867 bits per heavy atom. The zero-order chi connectivity index (χ0) is 20.7. The molecule has 4 heteroatoms. The van der Waals surface area contributed by atoms with E-state index in [0.717, 1.165) is 12.3 Å². The number of nitrogens with zero attached hydrogens (tertiary/aromatic N) is 2. The van der Waals surface area contributed by atoms with Crippen molar-refractivity contribution in [3.63, 3.8) is 0 Å². The van der Waals surface area contributed by atoms with Crippen LogP contribution in [0.5, 0.6) is 5.75 Å². The van der Waals surface area contributed by atoms with Gasteiger partial charge in [0.25, 0.3) is 0 Å². The van der Waals surface area contributed by atoms with Gasteiger partial charge in [0.1, 0.15) is 12.4 Å². The van der Waals surface area contributed by atoms with Crippen molar-refractivity contribution in [3.8, 4) is 5.75 Å². The van der Waals surface area contributed by atoms with Gasteiger partial charge in [-0.05, 0) is 80.4 Å². The minimum Gasteiger partial charge on any atom is -0.491 e. The predicted molar refractivity (Wildman–Crippen MR) is 122 cm³/mol. The fourth-order valence-corrected chi connectivity index (χ4v) is 5.26. The number of aryl methyl sites for hydroxylation is 1. The lowest BCUT2D eigenvalue weighted by Gasteiger charge is -2.40. The third-order valence-corrected chi connectivity index (χ3v) is 6.73. The third kappa shape index (κ3) is 5.84. The van der Waals surface area contributed by atoms with Crippen LogP contribution >= 0.6 is 0 Å². The van der Waals surface area contributed by atoms with E-state index in [9.17, 15) is 0 Å². The molecule has 2 aliphatic rings. The normalized spacial score (nSPS) is 22.6. The van der Waals surface area contributed by atoms with Gasteiger partial charge in [-0.3, -0.25) is 4.90 Å². The Morgan fingerprint density at radius 3 is 2.47 bits per heavy atom. The van der Waals surface area contributed by atoms with Crippen LogP contribution in [0.3, 0.4) is 0 Å². The maximum absolute atomic E-state index is 8.88. The molecule has 0 aliphatic carbocycles. The Labute approximate surface area is 181 Å². The molecule has 2 saturated heterocycles. The van der Waals surface area contributed by atoms with Crippen LogP contribution in [-0.2, 0) is 13.0 Å². The molecule has 1 atom stereocenters. The predicted octanol–water partition coefficient (Wildman–Crippen LogP) is 3.98. The summed E-state index contributed by atoms with van der Waals surface area (Å²) in [6, 6.07) is 19.3. The van der Waals surface area contributed by atoms with Crippen LogP contribution in [-0.4, -0.2) is 60.8 Å². The smallest absolute Gasteiger partial charge is 0.119 e. The van der Waals surface area contributed by atoms with Crippen LogP contribution in [0.2, 0.25) is 0 Å². The molecular formula is C26H36N2O2. The Kier molecular flexibility index (Phi) is 7.42. The van der Waals surface area contributed by atoms with E-state index in [0.29, 0.717) is 12.0 Å². The minimum absolute atomic E-state index is 0.0564. The number of aliphatic hydroxyl groups is 1. The molecule has 0 aromatic heterocycles. The van der Waals surface area contributed by atoms with Gasteiger partial charge in [-0.25, -0.2) is 0 Å². The molecular weight excluding hydrogens is 372 g/mol. The molecule has 0 amide bonds. The van der Waals surface area contributed by atoms with E-state index in [1.54, 1.807) is 0 Å². The van der Waals surface area contributed by atoms with Crippen LogP contribution in [0, 0.1) is 5.41 Å². The molecule has 0 saturated carbocycles. The van der Waals surface area contributed by atoms with Crippen molar-refractivity contribution in [2.24, 2.45) is 5.41 Å². The standard InChI is InChI=1S/C26H36N2O2/c29-18-19-30-25-11-9-24(10-12-25)20-28-17-14-26(22-28)13-5-16-27(21-26)15-4-8-23-6-2-1-3-7-23/h1-3,6-7,9-12,29H,4-5,8,13-22H2/t26-/m0/s1. The first kappa shape index (κ1) is 21.4. The summed E-state index contributed by atoms with van der Waals surface area (Å²) in [6.45, 7) is 7.64. The van der Waals surface area contributed by atoms with Gasteiger partial charge < -0.3 is 14.7 Å². The zero-order valence-electron chi connectivity index (χ0n) is 18.1. The molecule has 1 N–H and O–H groups in total. The molecule has 2 fully saturated rings. The molecule has 0 radical (unpaired) electrons. The molecule has 2 aromatic carbocycles. The summed E-state index contributed by atoms with van der Waals surface area (Å²) in [5, 5.41) is 8.88. The van der Waals surface area contributed by atoms with E-state index in [1.165, 1.54) is 76.0 Å². The van der Waals surface area contributed by atoms with E-state index < -0.39 is 0 Å². The average molecular weight is 409 g/mol. The number of ether oxygens (including phenoxy) is 1. The van der Waals surface area contributed by atoms with Crippen LogP contribution in [0.1, 0.15) is 36.8 Å². The van der Waals surface area contributed by atoms with Gasteiger partial charge in [0, 0.05) is 19.6 Å². The van der Waals surface area contributed by atoms with Crippen LogP contribution in [0.25, 0.3) is 0 Å². The van der Waals surface area contributed by atoms with Crippen LogP contribution in [0.15, 0.2) is 54.6 Å². The number of hydrogen-bond donors (Lipinski definition) is 1. The highest BCUT2D eigenvalue weighted by molar-refractivity contribution is 5.27. The van der Waals surface area contributed by atoms with Crippen molar-refractivity contribution in [2.45, 2.75) is 38.6 Å². The highest BCUT2D eigenvalue weighted by atomic mass is 16.5. The summed E-state index contributed by atoms with van der Waals surface area (Å²) in [6.07, 6.45) is 6.51. The monoisotopic (exact) mass is 408 g/mol. The minimum atomic E-state index is 0.0564. The number of likely N-dealkylation sites (tertiary alicyclic amines) is 2. The van der Waals surface area contributed by atoms with Crippen molar-refractivity contribution in [2.75, 3.05) is 45.9 Å². The van der Waals surface area contributed by atoms with Crippen molar-refractivity contribution in [1.82, 2.24) is 9.80 Å². The number of rotatable bonds is 9. The quantitative estimate of drug-likeness (QED) is 0.681. The number of aliphatic hydroxyl groups excluding tert-OH is 1. The molecule has 4 rings (SSSR count). The van der Waals surface area contributed by atoms with E-state index in [2.05, 4.69) is 52.3 Å². The second kappa shape index (κ2) is 10.4. The lowest BCUT2D eigenvalue weighted by atomic mass is 9.79. The Hall–Kier alpha value is -1.88. The van der Waals surface area contributed by atoms with E-state index in [-0.39, 0.29) is 6.61 Å². The van der Waals surface area contributed by atoms with Gasteiger partial charge in [-0.2, -0.15) is 0 Å². The zero-order valence-corrected chi connectivity index (χ0v) is 18.1. The molecule has 0 bridgehead atoms. The summed E-state index contributed by atoms with van der Waals surface area (Å²) >= 11 is 0. The number of piperidine rings is 1. The molecule has 2 heterocycles. The van der Waals surface area contributed by atoms with Crippen molar-refractivity contribution in [3.05, 3.63) is 65.7 Å². The van der Waals surface area contributed by atoms with E-state index in [1.807, 2.05) is 12.1 Å². The Balaban J connectivity index is 1.24. The fraction of sp³-hybridized carbons (Fsp3) is 0.538. The number of benzene rings is 2. The van der Waals surface area contributed by atoms with Gasteiger partial charge >= 0.3 is 0 Å². The maximum Gasteiger partial charge on any atom is 0.119 e. The van der Waals surface area contributed by atoms with Crippen molar-refractivity contribution < 1.29 is 9.84 Å². The first-order valence-corrected chi connectivity index (χ1v) is 11.6. The molecule has 162 valence electrons. The summed E-state index contributed by atoms with van der Waals surface area (Å²) in [5.41, 5.74) is 3.30. The first-order valence-electron chi connectivity index (χ1n) is 11.6. The average Bonchev–Trinajstić information content (AvgIpc) is 3.15. The topological polar surface area (TPSA) is 35.9 Å². The van der Waals surface area contributed by atoms with E-state index >= 15 is 0 Å². The Morgan fingerprint density at radius 2 is 1.67 bits per heavy atom. The van der Waals surface area contributed by atoms with Crippen molar-refractivity contribution >= 4 is 0 Å². The molecule has 4 nitrogen and oxygen atoms in total. The van der Waals surface area contributed by atoms with Gasteiger partial charge in [0.15, 0.2) is 0 Å². The SMILES string of the molecule is OCCOc1ccc(CN2CC[C@]3(CCCN(CCCc4ccccc4)C3)C2)cc1. The molecule has 2 aliphatic heterocycles. The summed E-state index contributed by atoms with van der Waals surface area (Å²) in [7, 11) is 0. The van der Waals surface area contributed by atoms with Gasteiger partial charge in [-0.1, -0.05) is 42.5 Å². The second-order valence-corrected chi connectivity index (χ2v) is 9.15. The summed E-state index contributed by atoms with van der Waals surface area (Å²) < 4.78 is 5.47. The molecule has 0 unspecified atom stereocenters. The summed E-state index contributed by atoms with van der Waals surface area (Å²) in [4.78, 5) is 5.36. The fourth-order valence-electron chi connectivity index (χ4n) is 5.26. The maximum atomic E-state index is 8.88. The largest absolute Gasteiger partial charge is 0.491 e. The lowest BCUT2D eigenvalue weighted by Crippen LogP contribution is -2.45. The van der Waals surface area contributed by atoms with Gasteiger partial charge in [0.05, 0.1) is 6.61 Å². The highest BCUT2D eigenvalue weighted by Gasteiger charge is 2.40. The third-order valence-electron chi connectivity index (χ3n) is 6.73. The van der Waals surface area contributed by atoms with Gasteiger partial charge in [0.2, 0.25) is 0 Å². The summed E-state index contributed by atoms with van der Waals surface area (Å²) in [5.74, 6) is 0.837. The lowest BCUT2D eigenvalue weighted by molar-refractivity contribution is 0.0911. The Bertz CT molecular complexity index is 764. The molecule has 30 heavy (non-hydrogen) atoms. The molecule has 1 spiro atoms. The van der Waals surface area contributed by atoms with Crippen LogP contribution < -0.4 is 4.74 Å². The van der Waals surface area contributed by atoms with Crippen molar-refractivity contribution in [1.29, 1.82) is 0 Å². The van der Waals surface area contributed by atoms with Crippen LogP contribution in [0.4, 0.5) is 0 Å². The highest BCUT2D eigenvalue weighted by Crippen LogP contribution is 2.39. The van der Waals surface area contributed by atoms with Gasteiger partial charge in [-0.15, -0.1) is 0 Å². The van der Waals surface area contributed by atoms with E-state index in [4.69, 9.17) is 9.84 Å². The second-order valence-electron chi connectivity index (χ2n) is 9.15. The first-order chi connectivity index (χ1) is 14.7. The number of hydrogen-bond acceptors (Lipinski definition) is 4.